The number of likely N-dealkylation sites (tertiary alicyclic amines) is 1. The van der Waals surface area contributed by atoms with E-state index in [2.05, 4.69) is 18.7 Å². The van der Waals surface area contributed by atoms with Crippen molar-refractivity contribution in [2.45, 2.75) is 38.8 Å². The number of anilines is 1. The van der Waals surface area contributed by atoms with Gasteiger partial charge in [-0.05, 0) is 68.7 Å². The molecule has 2 fully saturated rings. The minimum atomic E-state index is -0.683. The summed E-state index contributed by atoms with van der Waals surface area (Å²) in [6, 6.07) is 14.0. The Kier molecular flexibility index (Phi) is 7.22. The summed E-state index contributed by atoms with van der Waals surface area (Å²) in [5.41, 5.74) is 2.41. The Morgan fingerprint density at radius 3 is 2.32 bits per heavy atom. The van der Waals surface area contributed by atoms with E-state index >= 15 is 0 Å². The molecule has 2 aliphatic heterocycles. The topological polar surface area (TPSA) is 79.3 Å². The Balaban J connectivity index is 1.77. The molecule has 1 amide bonds. The van der Waals surface area contributed by atoms with Crippen LogP contribution in [0.3, 0.4) is 0 Å². The smallest absolute Gasteiger partial charge is 0.295 e. The van der Waals surface area contributed by atoms with Crippen molar-refractivity contribution in [3.8, 4) is 5.75 Å². The molecule has 2 aromatic rings. The average molecular weight is 465 g/mol. The molecule has 0 aliphatic carbocycles. The maximum absolute atomic E-state index is 13.2. The number of amides is 1. The lowest BCUT2D eigenvalue weighted by Crippen LogP contribution is -2.36. The monoisotopic (exact) mass is 464 g/mol. The number of rotatable bonds is 8. The van der Waals surface area contributed by atoms with E-state index in [9.17, 15) is 14.7 Å². The number of aliphatic hydroxyl groups excluding tert-OH is 1. The zero-order valence-electron chi connectivity index (χ0n) is 20.0. The Hall–Kier alpha value is -3.32. The van der Waals surface area contributed by atoms with E-state index in [0.29, 0.717) is 24.5 Å². The first-order chi connectivity index (χ1) is 16.5. The van der Waals surface area contributed by atoms with E-state index in [1.807, 2.05) is 24.3 Å². The Morgan fingerprint density at radius 2 is 1.76 bits per heavy atom. The lowest BCUT2D eigenvalue weighted by Gasteiger charge is -2.28. The Morgan fingerprint density at radius 1 is 1.09 bits per heavy atom. The van der Waals surface area contributed by atoms with Crippen molar-refractivity contribution in [1.29, 1.82) is 0 Å². The number of carbonyl (C=O) groups is 2. The highest BCUT2D eigenvalue weighted by molar-refractivity contribution is 6.46. The van der Waals surface area contributed by atoms with E-state index in [-0.39, 0.29) is 17.4 Å². The molecule has 2 aliphatic rings. The highest BCUT2D eigenvalue weighted by atomic mass is 16.5. The van der Waals surface area contributed by atoms with Gasteiger partial charge in [0.2, 0.25) is 0 Å². The summed E-state index contributed by atoms with van der Waals surface area (Å²) >= 11 is 0. The number of hydrogen-bond donors (Lipinski definition) is 1. The predicted octanol–water partition coefficient (Wildman–Crippen LogP) is 4.14. The summed E-state index contributed by atoms with van der Waals surface area (Å²) in [4.78, 5) is 30.1. The van der Waals surface area contributed by atoms with Crippen molar-refractivity contribution in [2.75, 3.05) is 38.3 Å². The Labute approximate surface area is 200 Å². The average Bonchev–Trinajstić information content (AvgIpc) is 3.47. The standard InChI is InChI=1S/C27H32N2O5/c1-4-28(5-2)20-12-8-18(9-13-20)24-23(25(30)19-10-14-21(33-3)15-11-19)26(31)27(32)29(24)17-22-7-6-16-34-22/h8-15,22,24,30H,4-7,16-17H2,1-3H3. The fourth-order valence-corrected chi connectivity index (χ4v) is 4.78. The number of nitrogens with zero attached hydrogens (tertiary/aromatic N) is 2. The van der Waals surface area contributed by atoms with Gasteiger partial charge in [-0.2, -0.15) is 0 Å². The van der Waals surface area contributed by atoms with Crippen molar-refractivity contribution in [1.82, 2.24) is 4.90 Å². The number of benzene rings is 2. The van der Waals surface area contributed by atoms with Gasteiger partial charge in [0.15, 0.2) is 0 Å². The van der Waals surface area contributed by atoms with E-state index in [4.69, 9.17) is 9.47 Å². The minimum absolute atomic E-state index is 0.101. The summed E-state index contributed by atoms with van der Waals surface area (Å²) in [5, 5.41) is 11.2. The lowest BCUT2D eigenvalue weighted by atomic mass is 9.95. The molecule has 4 rings (SSSR count). The molecule has 0 saturated carbocycles. The molecular weight excluding hydrogens is 432 g/mol. The van der Waals surface area contributed by atoms with Gasteiger partial charge in [-0.3, -0.25) is 9.59 Å². The van der Waals surface area contributed by atoms with E-state index in [0.717, 1.165) is 37.2 Å². The van der Waals surface area contributed by atoms with Gasteiger partial charge < -0.3 is 24.4 Å². The maximum Gasteiger partial charge on any atom is 0.295 e. The number of methoxy groups -OCH3 is 1. The number of hydrogen-bond acceptors (Lipinski definition) is 6. The second kappa shape index (κ2) is 10.3. The summed E-state index contributed by atoms with van der Waals surface area (Å²) in [6.45, 7) is 6.93. The van der Waals surface area contributed by atoms with Crippen molar-refractivity contribution in [3.63, 3.8) is 0 Å². The normalized spacial score (nSPS) is 21.8. The van der Waals surface area contributed by atoms with E-state index in [1.165, 1.54) is 0 Å². The lowest BCUT2D eigenvalue weighted by molar-refractivity contribution is -0.140. The Bertz CT molecular complexity index is 1050. The van der Waals surface area contributed by atoms with Crippen LogP contribution >= 0.6 is 0 Å². The van der Waals surface area contributed by atoms with Crippen LogP contribution in [0.5, 0.6) is 5.75 Å². The second-order valence-corrected chi connectivity index (χ2v) is 8.58. The third kappa shape index (κ3) is 4.53. The SMILES string of the molecule is CCN(CC)c1ccc(C2C(=C(O)c3ccc(OC)cc3)C(=O)C(=O)N2CC2CCCO2)cc1. The molecule has 7 nitrogen and oxygen atoms in total. The number of carbonyl (C=O) groups excluding carboxylic acids is 2. The largest absolute Gasteiger partial charge is 0.507 e. The second-order valence-electron chi connectivity index (χ2n) is 8.58. The van der Waals surface area contributed by atoms with Crippen LogP contribution in [0.4, 0.5) is 5.69 Å². The van der Waals surface area contributed by atoms with Gasteiger partial charge in [-0.1, -0.05) is 12.1 Å². The van der Waals surface area contributed by atoms with Gasteiger partial charge in [0.05, 0.1) is 24.8 Å². The molecule has 34 heavy (non-hydrogen) atoms. The molecule has 1 N–H and O–H groups in total. The van der Waals surface area contributed by atoms with Gasteiger partial charge in [0, 0.05) is 37.5 Å². The highest BCUT2D eigenvalue weighted by Crippen LogP contribution is 2.40. The van der Waals surface area contributed by atoms with Crippen molar-refractivity contribution >= 4 is 23.1 Å². The van der Waals surface area contributed by atoms with E-state index in [1.54, 1.807) is 36.3 Å². The minimum Gasteiger partial charge on any atom is -0.507 e. The molecule has 2 atom stereocenters. The summed E-state index contributed by atoms with van der Waals surface area (Å²) < 4.78 is 11.0. The first-order valence-electron chi connectivity index (χ1n) is 11.9. The van der Waals surface area contributed by atoms with Gasteiger partial charge in [0.25, 0.3) is 11.7 Å². The van der Waals surface area contributed by atoms with E-state index < -0.39 is 17.7 Å². The molecular formula is C27H32N2O5. The predicted molar refractivity (Wildman–Crippen MR) is 131 cm³/mol. The van der Waals surface area contributed by atoms with Crippen LogP contribution in [0.1, 0.15) is 43.9 Å². The van der Waals surface area contributed by atoms with Crippen LogP contribution in [-0.2, 0) is 14.3 Å². The fourth-order valence-electron chi connectivity index (χ4n) is 4.78. The van der Waals surface area contributed by atoms with Gasteiger partial charge in [-0.15, -0.1) is 0 Å². The van der Waals surface area contributed by atoms with Crippen molar-refractivity contribution in [2.24, 2.45) is 0 Å². The molecule has 0 radical (unpaired) electrons. The number of aliphatic hydroxyl groups is 1. The third-order valence-corrected chi connectivity index (χ3v) is 6.67. The zero-order valence-corrected chi connectivity index (χ0v) is 20.0. The molecule has 2 saturated heterocycles. The number of ether oxygens (including phenoxy) is 2. The van der Waals surface area contributed by atoms with Crippen LogP contribution in [0.15, 0.2) is 54.1 Å². The van der Waals surface area contributed by atoms with Crippen molar-refractivity contribution < 1.29 is 24.2 Å². The molecule has 2 aromatic carbocycles. The van der Waals surface area contributed by atoms with Gasteiger partial charge in [-0.25, -0.2) is 0 Å². The van der Waals surface area contributed by atoms with Crippen LogP contribution in [-0.4, -0.2) is 61.2 Å². The summed E-state index contributed by atoms with van der Waals surface area (Å²) in [5.74, 6) is -0.833. The fraction of sp³-hybridized carbons (Fsp3) is 0.407. The molecule has 2 unspecified atom stereocenters. The molecule has 7 heteroatoms. The van der Waals surface area contributed by atoms with Crippen LogP contribution in [0, 0.1) is 0 Å². The molecule has 0 bridgehead atoms. The maximum atomic E-state index is 13.2. The molecule has 0 aromatic heterocycles. The summed E-state index contributed by atoms with van der Waals surface area (Å²) in [6.07, 6.45) is 1.66. The van der Waals surface area contributed by atoms with Gasteiger partial charge in [0.1, 0.15) is 11.5 Å². The highest BCUT2D eigenvalue weighted by Gasteiger charge is 2.47. The first-order valence-corrected chi connectivity index (χ1v) is 11.9. The summed E-state index contributed by atoms with van der Waals surface area (Å²) in [7, 11) is 1.56. The third-order valence-electron chi connectivity index (χ3n) is 6.67. The van der Waals surface area contributed by atoms with Crippen LogP contribution in [0.2, 0.25) is 0 Å². The molecule has 180 valence electrons. The van der Waals surface area contributed by atoms with Gasteiger partial charge >= 0.3 is 0 Å². The molecule has 0 spiro atoms. The van der Waals surface area contributed by atoms with Crippen LogP contribution < -0.4 is 9.64 Å². The van der Waals surface area contributed by atoms with Crippen LogP contribution in [0.25, 0.3) is 5.76 Å². The first kappa shape index (κ1) is 23.8. The zero-order chi connectivity index (χ0) is 24.2. The van der Waals surface area contributed by atoms with Crippen molar-refractivity contribution in [3.05, 3.63) is 65.2 Å². The quantitative estimate of drug-likeness (QED) is 0.359. The number of Topliss-reactive ketones (excluding diaryl/α,β-unsaturated/α-hetero) is 1. The number of ketones is 1. The molecule has 2 heterocycles.